The third kappa shape index (κ3) is 2.28. The van der Waals surface area contributed by atoms with E-state index in [0.717, 1.165) is 12.0 Å². The van der Waals surface area contributed by atoms with Crippen molar-refractivity contribution in [3.63, 3.8) is 0 Å². The first kappa shape index (κ1) is 11.6. The van der Waals surface area contributed by atoms with E-state index in [4.69, 9.17) is 12.2 Å². The summed E-state index contributed by atoms with van der Waals surface area (Å²) in [5.74, 6) is 0.154. The number of hydrogen-bond donors (Lipinski definition) is 0. The Kier molecular flexibility index (Phi) is 3.61. The fourth-order valence-electron chi connectivity index (χ4n) is 1.67. The number of benzene rings is 1. The predicted octanol–water partition coefficient (Wildman–Crippen LogP) is 2.83. The van der Waals surface area contributed by atoms with Crippen LogP contribution in [0.4, 0.5) is 0 Å². The molecule has 84 valence electrons. The van der Waals surface area contributed by atoms with Gasteiger partial charge in [0.25, 0.3) is 0 Å². The summed E-state index contributed by atoms with van der Waals surface area (Å²) in [6.07, 6.45) is 0.842. The highest BCUT2D eigenvalue weighted by atomic mass is 32.2. The monoisotopic (exact) mass is 251 g/mol. The maximum Gasteiger partial charge on any atom is 0.241 e. The lowest BCUT2D eigenvalue weighted by Crippen LogP contribution is -2.30. The van der Waals surface area contributed by atoms with Gasteiger partial charge in [0.15, 0.2) is 0 Å². The first-order chi connectivity index (χ1) is 7.72. The highest BCUT2D eigenvalue weighted by Gasteiger charge is 2.35. The Balaban J connectivity index is 2.11. The second-order valence-electron chi connectivity index (χ2n) is 3.69. The van der Waals surface area contributed by atoms with E-state index in [1.54, 1.807) is 4.90 Å². The quantitative estimate of drug-likeness (QED) is 0.771. The third-order valence-corrected chi connectivity index (χ3v) is 4.31. The molecule has 1 aliphatic heterocycles. The molecule has 0 radical (unpaired) electrons. The van der Waals surface area contributed by atoms with E-state index in [-0.39, 0.29) is 11.2 Å². The Hall–Kier alpha value is -0.870. The smallest absolute Gasteiger partial charge is 0.241 e. The zero-order valence-electron chi connectivity index (χ0n) is 9.05. The summed E-state index contributed by atoms with van der Waals surface area (Å²) < 4.78 is 0.709. The van der Waals surface area contributed by atoms with Gasteiger partial charge < -0.3 is 0 Å². The number of rotatable bonds is 3. The Morgan fingerprint density at radius 3 is 2.62 bits per heavy atom. The molecule has 0 N–H and O–H groups in total. The van der Waals surface area contributed by atoms with Gasteiger partial charge in [-0.05, 0) is 12.0 Å². The maximum absolute atomic E-state index is 12.0. The Bertz CT molecular complexity index is 405. The van der Waals surface area contributed by atoms with Crippen LogP contribution in [-0.4, -0.2) is 20.4 Å². The minimum atomic E-state index is 0.0243. The molecule has 1 heterocycles. The molecule has 0 aliphatic carbocycles. The molecule has 0 bridgehead atoms. The summed E-state index contributed by atoms with van der Waals surface area (Å²) in [4.78, 5) is 13.7. The fourth-order valence-corrected chi connectivity index (χ4v) is 3.09. The number of amides is 1. The molecule has 1 saturated heterocycles. The van der Waals surface area contributed by atoms with Gasteiger partial charge in [-0.25, -0.2) is 0 Å². The van der Waals surface area contributed by atoms with Crippen molar-refractivity contribution in [3.8, 4) is 0 Å². The topological polar surface area (TPSA) is 20.3 Å². The van der Waals surface area contributed by atoms with Crippen LogP contribution in [0.2, 0.25) is 0 Å². The molecule has 1 fully saturated rings. The van der Waals surface area contributed by atoms with Crippen LogP contribution in [0.1, 0.15) is 18.9 Å². The van der Waals surface area contributed by atoms with E-state index in [9.17, 15) is 4.79 Å². The number of carbonyl (C=O) groups is 1. The molecule has 1 amide bonds. The molecule has 1 aliphatic rings. The van der Waals surface area contributed by atoms with E-state index in [1.807, 2.05) is 37.3 Å². The molecule has 4 heteroatoms. The molecular weight excluding hydrogens is 238 g/mol. The molecule has 0 aromatic heterocycles. The highest BCUT2D eigenvalue weighted by Crippen LogP contribution is 2.30. The van der Waals surface area contributed by atoms with Gasteiger partial charge in [-0.15, -0.1) is 0 Å². The first-order valence-electron chi connectivity index (χ1n) is 5.28. The molecular formula is C12H13NOS2. The Morgan fingerprint density at radius 1 is 1.38 bits per heavy atom. The van der Waals surface area contributed by atoms with E-state index < -0.39 is 0 Å². The van der Waals surface area contributed by atoms with Crippen LogP contribution >= 0.6 is 24.0 Å². The number of nitrogens with zero attached hydrogens (tertiary/aromatic N) is 1. The van der Waals surface area contributed by atoms with Crippen LogP contribution in [0.15, 0.2) is 30.3 Å². The number of hydrogen-bond acceptors (Lipinski definition) is 3. The van der Waals surface area contributed by atoms with Crippen LogP contribution in [0.25, 0.3) is 0 Å². The maximum atomic E-state index is 12.0. The minimum absolute atomic E-state index is 0.0243. The number of carbonyl (C=O) groups excluding carboxylic acids is 1. The van der Waals surface area contributed by atoms with Gasteiger partial charge in [-0.2, -0.15) is 0 Å². The Labute approximate surface area is 105 Å². The van der Waals surface area contributed by atoms with Crippen molar-refractivity contribution in [2.45, 2.75) is 25.1 Å². The van der Waals surface area contributed by atoms with Gasteiger partial charge in [0.05, 0.1) is 11.8 Å². The fraction of sp³-hybridized carbons (Fsp3) is 0.333. The van der Waals surface area contributed by atoms with Crippen LogP contribution in [0.5, 0.6) is 0 Å². The average molecular weight is 251 g/mol. The SMILES string of the molecule is CCC1SC(=S)N(Cc2ccccc2)C1=O. The predicted molar refractivity (Wildman–Crippen MR) is 71.3 cm³/mol. The largest absolute Gasteiger partial charge is 0.292 e. The van der Waals surface area contributed by atoms with Gasteiger partial charge in [-0.1, -0.05) is 61.2 Å². The van der Waals surface area contributed by atoms with E-state index in [1.165, 1.54) is 11.8 Å². The van der Waals surface area contributed by atoms with Crippen molar-refractivity contribution in [1.82, 2.24) is 4.90 Å². The summed E-state index contributed by atoms with van der Waals surface area (Å²) in [5, 5.41) is 0.0243. The van der Waals surface area contributed by atoms with Gasteiger partial charge >= 0.3 is 0 Å². The second-order valence-corrected chi connectivity index (χ2v) is 5.53. The molecule has 0 spiro atoms. The number of thiocarbonyl (C=S) groups is 1. The van der Waals surface area contributed by atoms with Crippen LogP contribution in [-0.2, 0) is 11.3 Å². The summed E-state index contributed by atoms with van der Waals surface area (Å²) in [6, 6.07) is 9.95. The van der Waals surface area contributed by atoms with Crippen molar-refractivity contribution in [2.24, 2.45) is 0 Å². The minimum Gasteiger partial charge on any atom is -0.292 e. The first-order valence-corrected chi connectivity index (χ1v) is 6.57. The van der Waals surface area contributed by atoms with Crippen LogP contribution in [0.3, 0.4) is 0 Å². The molecule has 1 unspecified atom stereocenters. The lowest BCUT2D eigenvalue weighted by Gasteiger charge is -2.15. The van der Waals surface area contributed by atoms with Crippen LogP contribution in [0, 0.1) is 0 Å². The van der Waals surface area contributed by atoms with Gasteiger partial charge in [-0.3, -0.25) is 9.69 Å². The van der Waals surface area contributed by atoms with Gasteiger partial charge in [0.2, 0.25) is 5.91 Å². The molecule has 0 saturated carbocycles. The molecule has 2 nitrogen and oxygen atoms in total. The van der Waals surface area contributed by atoms with Crippen molar-refractivity contribution in [1.29, 1.82) is 0 Å². The summed E-state index contributed by atoms with van der Waals surface area (Å²) >= 11 is 6.74. The van der Waals surface area contributed by atoms with Gasteiger partial charge in [0, 0.05) is 0 Å². The molecule has 1 aromatic carbocycles. The van der Waals surface area contributed by atoms with E-state index >= 15 is 0 Å². The van der Waals surface area contributed by atoms with E-state index in [2.05, 4.69) is 0 Å². The zero-order chi connectivity index (χ0) is 11.5. The van der Waals surface area contributed by atoms with Crippen LogP contribution < -0.4 is 0 Å². The Morgan fingerprint density at radius 2 is 2.06 bits per heavy atom. The molecule has 2 rings (SSSR count). The molecule has 1 aromatic rings. The summed E-state index contributed by atoms with van der Waals surface area (Å²) in [5.41, 5.74) is 1.12. The highest BCUT2D eigenvalue weighted by molar-refractivity contribution is 8.24. The standard InChI is InChI=1S/C12H13NOS2/c1-2-10-11(14)13(12(15)16-10)8-9-6-4-3-5-7-9/h3-7,10H,2,8H2,1H3. The summed E-state index contributed by atoms with van der Waals surface area (Å²) in [7, 11) is 0. The normalized spacial score (nSPS) is 20.6. The van der Waals surface area contributed by atoms with Crippen molar-refractivity contribution < 1.29 is 4.79 Å². The second kappa shape index (κ2) is 4.97. The molecule has 1 atom stereocenters. The van der Waals surface area contributed by atoms with E-state index in [0.29, 0.717) is 10.9 Å². The lowest BCUT2D eigenvalue weighted by molar-refractivity contribution is -0.126. The molecule has 16 heavy (non-hydrogen) atoms. The van der Waals surface area contributed by atoms with Crippen molar-refractivity contribution >= 4 is 34.2 Å². The summed E-state index contributed by atoms with van der Waals surface area (Å²) in [6.45, 7) is 2.62. The lowest BCUT2D eigenvalue weighted by atomic mass is 10.2. The van der Waals surface area contributed by atoms with Gasteiger partial charge in [0.1, 0.15) is 4.32 Å². The number of thioether (sulfide) groups is 1. The average Bonchev–Trinajstić information content (AvgIpc) is 2.58. The van der Waals surface area contributed by atoms with Crippen molar-refractivity contribution in [3.05, 3.63) is 35.9 Å². The third-order valence-electron chi connectivity index (χ3n) is 2.56. The van der Waals surface area contributed by atoms with Crippen molar-refractivity contribution in [2.75, 3.05) is 0 Å². The zero-order valence-corrected chi connectivity index (χ0v) is 10.7.